The first-order valence-corrected chi connectivity index (χ1v) is 5.43. The van der Waals surface area contributed by atoms with E-state index in [1.165, 1.54) is 0 Å². The van der Waals surface area contributed by atoms with E-state index in [-0.39, 0.29) is 17.7 Å². The maximum absolute atomic E-state index is 12.0. The topological polar surface area (TPSA) is 70.1 Å². The molecule has 0 amide bonds. The molecule has 0 radical (unpaired) electrons. The molecule has 0 aliphatic carbocycles. The first kappa shape index (κ1) is 11.3. The first-order chi connectivity index (χ1) is 7.58. The molecule has 1 aliphatic rings. The van der Waals surface area contributed by atoms with Gasteiger partial charge in [-0.25, -0.2) is 0 Å². The molecule has 2 atom stereocenters. The molecule has 2 rings (SSSR count). The number of nitrogens with zero attached hydrogens (tertiary/aromatic N) is 2. The van der Waals surface area contributed by atoms with E-state index in [1.54, 1.807) is 4.68 Å². The fourth-order valence-electron chi connectivity index (χ4n) is 2.04. The lowest BCUT2D eigenvalue weighted by atomic mass is 9.96. The second kappa shape index (κ2) is 4.35. The Morgan fingerprint density at radius 2 is 2.44 bits per heavy atom. The van der Waals surface area contributed by atoms with Crippen molar-refractivity contribution in [2.24, 2.45) is 18.7 Å². The fraction of sp³-hybridized carbons (Fsp3) is 0.636. The Morgan fingerprint density at radius 1 is 1.69 bits per heavy atom. The molecule has 2 N–H and O–H groups in total. The molecule has 2 unspecified atom stereocenters. The van der Waals surface area contributed by atoms with Crippen LogP contribution < -0.4 is 5.73 Å². The highest BCUT2D eigenvalue weighted by Crippen LogP contribution is 2.15. The van der Waals surface area contributed by atoms with Gasteiger partial charge in [0.2, 0.25) is 0 Å². The molecular formula is C11H17N3O2. The molecule has 88 valence electrons. The smallest absolute Gasteiger partial charge is 0.145 e. The summed E-state index contributed by atoms with van der Waals surface area (Å²) in [5.41, 5.74) is 7.67. The summed E-state index contributed by atoms with van der Waals surface area (Å²) in [6.07, 6.45) is 0.388. The van der Waals surface area contributed by atoms with Crippen LogP contribution in [-0.2, 0) is 23.0 Å². The van der Waals surface area contributed by atoms with Crippen LogP contribution in [0.1, 0.15) is 11.4 Å². The van der Waals surface area contributed by atoms with E-state index in [0.29, 0.717) is 19.6 Å². The van der Waals surface area contributed by atoms with Gasteiger partial charge in [0.1, 0.15) is 5.78 Å². The van der Waals surface area contributed by atoms with Gasteiger partial charge >= 0.3 is 0 Å². The molecule has 5 heteroatoms. The monoisotopic (exact) mass is 223 g/mol. The van der Waals surface area contributed by atoms with Gasteiger partial charge in [0, 0.05) is 25.2 Å². The zero-order valence-electron chi connectivity index (χ0n) is 9.64. The van der Waals surface area contributed by atoms with Crippen LogP contribution in [0.3, 0.4) is 0 Å². The number of ketones is 1. The van der Waals surface area contributed by atoms with Gasteiger partial charge in [-0.15, -0.1) is 0 Å². The van der Waals surface area contributed by atoms with Crippen LogP contribution >= 0.6 is 0 Å². The van der Waals surface area contributed by atoms with Crippen molar-refractivity contribution in [3.05, 3.63) is 17.5 Å². The number of hydrogen-bond donors (Lipinski definition) is 1. The van der Waals surface area contributed by atoms with E-state index < -0.39 is 0 Å². The fourth-order valence-corrected chi connectivity index (χ4v) is 2.04. The van der Waals surface area contributed by atoms with Gasteiger partial charge < -0.3 is 10.5 Å². The molecule has 5 nitrogen and oxygen atoms in total. The summed E-state index contributed by atoms with van der Waals surface area (Å²) in [6.45, 7) is 2.86. The Hall–Kier alpha value is -1.20. The van der Waals surface area contributed by atoms with Crippen LogP contribution in [0.15, 0.2) is 6.07 Å². The van der Waals surface area contributed by atoms with Crippen LogP contribution in [0.2, 0.25) is 0 Å². The summed E-state index contributed by atoms with van der Waals surface area (Å²) in [4.78, 5) is 12.0. The molecule has 16 heavy (non-hydrogen) atoms. The molecule has 1 aliphatic heterocycles. The summed E-state index contributed by atoms with van der Waals surface area (Å²) in [6, 6.07) is 1.78. The molecule has 1 fully saturated rings. The summed E-state index contributed by atoms with van der Waals surface area (Å²) in [5.74, 6) is -0.0109. The Kier molecular flexibility index (Phi) is 3.07. The van der Waals surface area contributed by atoms with Gasteiger partial charge in [-0.1, -0.05) is 0 Å². The molecular weight excluding hydrogens is 206 g/mol. The quantitative estimate of drug-likeness (QED) is 0.771. The third-order valence-electron chi connectivity index (χ3n) is 2.99. The van der Waals surface area contributed by atoms with Gasteiger partial charge in [0.25, 0.3) is 0 Å². The average molecular weight is 223 g/mol. The molecule has 1 aromatic rings. The van der Waals surface area contributed by atoms with Gasteiger partial charge in [-0.3, -0.25) is 9.48 Å². The highest BCUT2D eigenvalue weighted by Gasteiger charge is 2.31. The number of carbonyl (C=O) groups is 1. The zero-order chi connectivity index (χ0) is 11.7. The summed E-state index contributed by atoms with van der Waals surface area (Å²) in [7, 11) is 1.85. The number of aryl methyl sites for hydroxylation is 2. The molecule has 2 heterocycles. The largest absolute Gasteiger partial charge is 0.379 e. The van der Waals surface area contributed by atoms with Crippen molar-refractivity contribution in [2.75, 3.05) is 13.2 Å². The number of carbonyl (C=O) groups excluding carboxylic acids is 1. The number of rotatable bonds is 3. The first-order valence-electron chi connectivity index (χ1n) is 5.43. The molecule has 0 bridgehead atoms. The Labute approximate surface area is 94.6 Å². The molecule has 0 spiro atoms. The summed E-state index contributed by atoms with van der Waals surface area (Å²) < 4.78 is 6.94. The minimum absolute atomic E-state index is 0.146. The van der Waals surface area contributed by atoms with Crippen LogP contribution in [0.25, 0.3) is 0 Å². The lowest BCUT2D eigenvalue weighted by molar-refractivity contribution is -0.122. The van der Waals surface area contributed by atoms with E-state index in [4.69, 9.17) is 10.5 Å². The maximum Gasteiger partial charge on any atom is 0.145 e. The average Bonchev–Trinajstić information content (AvgIpc) is 2.74. The Bertz CT molecular complexity index is 400. The van der Waals surface area contributed by atoms with Crippen molar-refractivity contribution in [1.82, 2.24) is 9.78 Å². The van der Waals surface area contributed by atoms with E-state index in [2.05, 4.69) is 5.10 Å². The number of aromatic nitrogens is 2. The molecule has 1 aromatic heterocycles. The van der Waals surface area contributed by atoms with Crippen molar-refractivity contribution < 1.29 is 9.53 Å². The third kappa shape index (κ3) is 2.15. The Morgan fingerprint density at radius 3 is 2.94 bits per heavy atom. The predicted molar refractivity (Wildman–Crippen MR) is 58.9 cm³/mol. The Balaban J connectivity index is 2.04. The summed E-state index contributed by atoms with van der Waals surface area (Å²) >= 11 is 0. The normalized spacial score (nSPS) is 24.9. The maximum atomic E-state index is 12.0. The van der Waals surface area contributed by atoms with Crippen LogP contribution in [0.4, 0.5) is 0 Å². The highest BCUT2D eigenvalue weighted by atomic mass is 16.5. The van der Waals surface area contributed by atoms with Crippen LogP contribution in [0, 0.1) is 12.8 Å². The zero-order valence-corrected chi connectivity index (χ0v) is 9.64. The lowest BCUT2D eigenvalue weighted by Gasteiger charge is -2.11. The standard InChI is InChI=1S/C11H17N3O2/c1-7-3-8(14(2)13-7)4-11(15)9-5-16-6-10(9)12/h3,9-10H,4-6,12H2,1-2H3. The van der Waals surface area contributed by atoms with Gasteiger partial charge in [0.15, 0.2) is 0 Å². The van der Waals surface area contributed by atoms with Crippen LogP contribution in [-0.4, -0.2) is 34.8 Å². The van der Waals surface area contributed by atoms with Crippen molar-refractivity contribution in [2.45, 2.75) is 19.4 Å². The second-order valence-corrected chi connectivity index (χ2v) is 4.35. The van der Waals surface area contributed by atoms with Crippen molar-refractivity contribution in [3.63, 3.8) is 0 Å². The third-order valence-corrected chi connectivity index (χ3v) is 2.99. The van der Waals surface area contributed by atoms with Gasteiger partial charge in [-0.2, -0.15) is 5.10 Å². The molecule has 1 saturated heterocycles. The van der Waals surface area contributed by atoms with Crippen molar-refractivity contribution in [1.29, 1.82) is 0 Å². The number of ether oxygens (including phenoxy) is 1. The predicted octanol–water partition coefficient (Wildman–Crippen LogP) is -0.186. The van der Waals surface area contributed by atoms with E-state index in [0.717, 1.165) is 11.4 Å². The molecule has 0 aromatic carbocycles. The minimum Gasteiger partial charge on any atom is -0.379 e. The van der Waals surface area contributed by atoms with E-state index >= 15 is 0 Å². The van der Waals surface area contributed by atoms with Crippen molar-refractivity contribution in [3.8, 4) is 0 Å². The SMILES string of the molecule is Cc1cc(CC(=O)C2COCC2N)n(C)n1. The van der Waals surface area contributed by atoms with Gasteiger partial charge in [0.05, 0.1) is 24.8 Å². The molecule has 0 saturated carbocycles. The van der Waals surface area contributed by atoms with Gasteiger partial charge in [-0.05, 0) is 13.0 Å². The van der Waals surface area contributed by atoms with E-state index in [1.807, 2.05) is 20.0 Å². The highest BCUT2D eigenvalue weighted by molar-refractivity contribution is 5.84. The van der Waals surface area contributed by atoms with Crippen molar-refractivity contribution >= 4 is 5.78 Å². The van der Waals surface area contributed by atoms with E-state index in [9.17, 15) is 4.79 Å². The lowest BCUT2D eigenvalue weighted by Crippen LogP contribution is -2.35. The number of nitrogens with two attached hydrogens (primary N) is 1. The minimum atomic E-state index is -0.157. The second-order valence-electron chi connectivity index (χ2n) is 4.35. The number of Topliss-reactive ketones (excluding diaryl/α,β-unsaturated/α-hetero) is 1. The number of hydrogen-bond acceptors (Lipinski definition) is 4. The van der Waals surface area contributed by atoms with Crippen LogP contribution in [0.5, 0.6) is 0 Å². The summed E-state index contributed by atoms with van der Waals surface area (Å²) in [5, 5.41) is 4.21.